The second-order valence-corrected chi connectivity index (χ2v) is 2.74. The summed E-state index contributed by atoms with van der Waals surface area (Å²) in [5.74, 6) is -0.483. The molecule has 0 fully saturated rings. The van der Waals surface area contributed by atoms with Crippen LogP contribution in [0.2, 0.25) is 0 Å². The molecule has 0 spiro atoms. The second-order valence-electron chi connectivity index (χ2n) is 2.74. The lowest BCUT2D eigenvalue weighted by molar-refractivity contribution is -0.119. The fourth-order valence-corrected chi connectivity index (χ4v) is 0.905. The zero-order valence-corrected chi connectivity index (χ0v) is 7.18. The van der Waals surface area contributed by atoms with Crippen molar-refractivity contribution < 1.29 is 4.79 Å². The number of carbonyl (C=O) groups excluding carboxylic acids is 1. The molecule has 5 heteroatoms. The lowest BCUT2D eigenvalue weighted by atomic mass is 10.1. The van der Waals surface area contributed by atoms with Crippen LogP contribution in [-0.2, 0) is 11.2 Å². The van der Waals surface area contributed by atoms with Gasteiger partial charge in [-0.25, -0.2) is 0 Å². The van der Waals surface area contributed by atoms with Crippen molar-refractivity contribution in [3.63, 3.8) is 0 Å². The van der Waals surface area contributed by atoms with Crippen molar-refractivity contribution in [3.05, 3.63) is 24.3 Å². The summed E-state index contributed by atoms with van der Waals surface area (Å²) in [6.07, 6.45) is 5.97. The highest BCUT2D eigenvalue weighted by Crippen LogP contribution is 1.98. The number of primary amides is 1. The summed E-state index contributed by atoms with van der Waals surface area (Å²) in [6, 6.07) is -0.595. The van der Waals surface area contributed by atoms with Crippen molar-refractivity contribution >= 4 is 5.91 Å². The Hall–Kier alpha value is -1.49. The average Bonchev–Trinajstić information content (AvgIpc) is 2.15. The van der Waals surface area contributed by atoms with Gasteiger partial charge < -0.3 is 11.5 Å². The summed E-state index contributed by atoms with van der Waals surface area (Å²) in [4.78, 5) is 18.5. The van der Waals surface area contributed by atoms with Gasteiger partial charge in [0, 0.05) is 18.6 Å². The molecule has 0 aliphatic heterocycles. The van der Waals surface area contributed by atoms with Gasteiger partial charge in [0.15, 0.2) is 0 Å². The first-order valence-corrected chi connectivity index (χ1v) is 4.00. The van der Waals surface area contributed by atoms with Crippen LogP contribution in [-0.4, -0.2) is 21.9 Å². The monoisotopic (exact) mass is 180 g/mol. The molecule has 0 aromatic carbocycles. The zero-order valence-electron chi connectivity index (χ0n) is 7.18. The average molecular weight is 180 g/mol. The van der Waals surface area contributed by atoms with Gasteiger partial charge in [-0.15, -0.1) is 0 Å². The number of aryl methyl sites for hydroxylation is 1. The molecule has 0 aliphatic carbocycles. The molecule has 4 N–H and O–H groups in total. The molecule has 1 heterocycles. The van der Waals surface area contributed by atoms with E-state index in [-0.39, 0.29) is 0 Å². The highest BCUT2D eigenvalue weighted by Gasteiger charge is 2.08. The molecule has 1 rings (SSSR count). The molecule has 1 amide bonds. The van der Waals surface area contributed by atoms with Gasteiger partial charge in [0.05, 0.1) is 11.7 Å². The van der Waals surface area contributed by atoms with Crippen molar-refractivity contribution in [2.45, 2.75) is 18.9 Å². The quantitative estimate of drug-likeness (QED) is 0.635. The van der Waals surface area contributed by atoms with Gasteiger partial charge in [-0.3, -0.25) is 14.8 Å². The third-order valence-corrected chi connectivity index (χ3v) is 1.69. The number of carbonyl (C=O) groups is 1. The maximum absolute atomic E-state index is 10.6. The summed E-state index contributed by atoms with van der Waals surface area (Å²) in [5, 5.41) is 0. The predicted molar refractivity (Wildman–Crippen MR) is 47.5 cm³/mol. The Morgan fingerprint density at radius 3 is 2.85 bits per heavy atom. The van der Waals surface area contributed by atoms with Crippen LogP contribution >= 0.6 is 0 Å². The fourth-order valence-electron chi connectivity index (χ4n) is 0.905. The Balaban J connectivity index is 2.39. The molecule has 0 saturated heterocycles. The van der Waals surface area contributed by atoms with Gasteiger partial charge in [-0.1, -0.05) is 0 Å². The minimum Gasteiger partial charge on any atom is -0.368 e. The van der Waals surface area contributed by atoms with Gasteiger partial charge in [-0.05, 0) is 12.8 Å². The first-order chi connectivity index (χ1) is 6.20. The van der Waals surface area contributed by atoms with Gasteiger partial charge >= 0.3 is 0 Å². The summed E-state index contributed by atoms with van der Waals surface area (Å²) < 4.78 is 0. The van der Waals surface area contributed by atoms with E-state index in [1.165, 1.54) is 0 Å². The molecule has 5 nitrogen and oxygen atoms in total. The normalized spacial score (nSPS) is 12.4. The highest BCUT2D eigenvalue weighted by atomic mass is 16.1. The van der Waals surface area contributed by atoms with Crippen molar-refractivity contribution in [2.24, 2.45) is 11.5 Å². The van der Waals surface area contributed by atoms with E-state index in [2.05, 4.69) is 9.97 Å². The number of aromatic nitrogens is 2. The van der Waals surface area contributed by atoms with Gasteiger partial charge in [-0.2, -0.15) is 0 Å². The van der Waals surface area contributed by atoms with Crippen LogP contribution in [0.15, 0.2) is 18.6 Å². The van der Waals surface area contributed by atoms with E-state index in [1.807, 2.05) is 0 Å². The summed E-state index contributed by atoms with van der Waals surface area (Å²) in [7, 11) is 0. The minimum atomic E-state index is -0.595. The van der Waals surface area contributed by atoms with Crippen LogP contribution in [0.4, 0.5) is 0 Å². The Bertz CT molecular complexity index is 275. The zero-order chi connectivity index (χ0) is 9.68. The molecular weight excluding hydrogens is 168 g/mol. The Morgan fingerprint density at radius 2 is 2.31 bits per heavy atom. The number of nitrogens with zero attached hydrogens (tertiary/aromatic N) is 2. The van der Waals surface area contributed by atoms with Crippen LogP contribution in [0.1, 0.15) is 12.1 Å². The van der Waals surface area contributed by atoms with E-state index in [4.69, 9.17) is 11.5 Å². The largest absolute Gasteiger partial charge is 0.368 e. The topological polar surface area (TPSA) is 94.9 Å². The van der Waals surface area contributed by atoms with Crippen LogP contribution in [0.25, 0.3) is 0 Å². The lowest BCUT2D eigenvalue weighted by Gasteiger charge is -2.05. The molecule has 70 valence electrons. The maximum Gasteiger partial charge on any atom is 0.234 e. The molecule has 1 unspecified atom stereocenters. The Kier molecular flexibility index (Phi) is 3.33. The number of nitrogens with two attached hydrogens (primary N) is 2. The Labute approximate surface area is 76.2 Å². The summed E-state index contributed by atoms with van der Waals surface area (Å²) >= 11 is 0. The standard InChI is InChI=1S/C8H12N4O/c9-7(8(10)13)2-1-6-5-11-3-4-12-6/h3-5,7H,1-2,9H2,(H2,10,13). The predicted octanol–water partition coefficient (Wildman–Crippen LogP) is -0.778. The minimum absolute atomic E-state index is 0.483. The van der Waals surface area contributed by atoms with E-state index in [1.54, 1.807) is 18.6 Å². The van der Waals surface area contributed by atoms with E-state index < -0.39 is 11.9 Å². The molecule has 0 radical (unpaired) electrons. The van der Waals surface area contributed by atoms with Gasteiger partial charge in [0.2, 0.25) is 5.91 Å². The molecule has 1 atom stereocenters. The van der Waals surface area contributed by atoms with E-state index in [0.717, 1.165) is 5.69 Å². The summed E-state index contributed by atoms with van der Waals surface area (Å²) in [5.41, 5.74) is 11.3. The molecule has 13 heavy (non-hydrogen) atoms. The van der Waals surface area contributed by atoms with Gasteiger partial charge in [0.25, 0.3) is 0 Å². The van der Waals surface area contributed by atoms with Crippen LogP contribution in [0.5, 0.6) is 0 Å². The maximum atomic E-state index is 10.6. The molecule has 0 saturated carbocycles. The fraction of sp³-hybridized carbons (Fsp3) is 0.375. The number of hydrogen-bond acceptors (Lipinski definition) is 4. The lowest BCUT2D eigenvalue weighted by Crippen LogP contribution is -2.36. The van der Waals surface area contributed by atoms with Crippen LogP contribution < -0.4 is 11.5 Å². The molecule has 0 bridgehead atoms. The SMILES string of the molecule is NC(=O)C(N)CCc1cnccn1. The Morgan fingerprint density at radius 1 is 1.54 bits per heavy atom. The van der Waals surface area contributed by atoms with E-state index in [9.17, 15) is 4.79 Å². The third kappa shape index (κ3) is 3.16. The molecule has 1 aromatic heterocycles. The van der Waals surface area contributed by atoms with Crippen molar-refractivity contribution in [2.75, 3.05) is 0 Å². The molecule has 1 aromatic rings. The van der Waals surface area contributed by atoms with Crippen molar-refractivity contribution in [1.29, 1.82) is 0 Å². The molecular formula is C8H12N4O. The third-order valence-electron chi connectivity index (χ3n) is 1.69. The van der Waals surface area contributed by atoms with Crippen molar-refractivity contribution in [3.8, 4) is 0 Å². The molecule has 0 aliphatic rings. The smallest absolute Gasteiger partial charge is 0.234 e. The number of rotatable bonds is 4. The number of amides is 1. The van der Waals surface area contributed by atoms with Crippen LogP contribution in [0, 0.1) is 0 Å². The van der Waals surface area contributed by atoms with Gasteiger partial charge in [0.1, 0.15) is 0 Å². The number of hydrogen-bond donors (Lipinski definition) is 2. The van der Waals surface area contributed by atoms with Crippen LogP contribution in [0.3, 0.4) is 0 Å². The second kappa shape index (κ2) is 4.51. The van der Waals surface area contributed by atoms with E-state index >= 15 is 0 Å². The first kappa shape index (κ1) is 9.60. The van der Waals surface area contributed by atoms with E-state index in [0.29, 0.717) is 12.8 Å². The first-order valence-electron chi connectivity index (χ1n) is 4.00. The highest BCUT2D eigenvalue weighted by molar-refractivity contribution is 5.79. The van der Waals surface area contributed by atoms with Crippen molar-refractivity contribution in [1.82, 2.24) is 9.97 Å². The summed E-state index contributed by atoms with van der Waals surface area (Å²) in [6.45, 7) is 0.